The van der Waals surface area contributed by atoms with Crippen molar-refractivity contribution < 1.29 is 9.47 Å². The standard InChI is InChI=1S/C16H27NO2/c1-14(2)19-16-9-7-15(8-10-16)6-4-5-11-17-12-13-18-3/h7-10,14,17H,4-6,11-13H2,1-3H3. The SMILES string of the molecule is COCCNCCCCc1ccc(OC(C)C)cc1. The zero-order valence-electron chi connectivity index (χ0n) is 12.4. The molecule has 0 atom stereocenters. The Labute approximate surface area is 117 Å². The van der Waals surface area contributed by atoms with E-state index in [-0.39, 0.29) is 6.10 Å². The molecule has 0 aliphatic rings. The van der Waals surface area contributed by atoms with E-state index in [2.05, 4.69) is 29.6 Å². The average Bonchev–Trinajstić information content (AvgIpc) is 2.39. The molecule has 0 saturated heterocycles. The van der Waals surface area contributed by atoms with Crippen LogP contribution in [-0.4, -0.2) is 32.9 Å². The number of hydrogen-bond donors (Lipinski definition) is 1. The van der Waals surface area contributed by atoms with Crippen LogP contribution < -0.4 is 10.1 Å². The van der Waals surface area contributed by atoms with Gasteiger partial charge in [0.15, 0.2) is 0 Å². The molecule has 0 aliphatic heterocycles. The molecule has 0 amide bonds. The van der Waals surface area contributed by atoms with E-state index >= 15 is 0 Å². The molecule has 1 N–H and O–H groups in total. The van der Waals surface area contributed by atoms with Crippen LogP contribution in [0.2, 0.25) is 0 Å². The van der Waals surface area contributed by atoms with Gasteiger partial charge in [-0.15, -0.1) is 0 Å². The van der Waals surface area contributed by atoms with Gasteiger partial charge in [0, 0.05) is 13.7 Å². The lowest BCUT2D eigenvalue weighted by Crippen LogP contribution is -2.20. The Morgan fingerprint density at radius 2 is 1.79 bits per heavy atom. The van der Waals surface area contributed by atoms with Crippen molar-refractivity contribution in [1.29, 1.82) is 0 Å². The van der Waals surface area contributed by atoms with Crippen LogP contribution >= 0.6 is 0 Å². The molecule has 0 aliphatic carbocycles. The number of rotatable bonds is 10. The van der Waals surface area contributed by atoms with Crippen LogP contribution in [0.4, 0.5) is 0 Å². The topological polar surface area (TPSA) is 30.5 Å². The number of hydrogen-bond acceptors (Lipinski definition) is 3. The lowest BCUT2D eigenvalue weighted by molar-refractivity contribution is 0.199. The van der Waals surface area contributed by atoms with Crippen molar-refractivity contribution in [3.8, 4) is 5.75 Å². The predicted molar refractivity (Wildman–Crippen MR) is 79.9 cm³/mol. The molecule has 0 fully saturated rings. The van der Waals surface area contributed by atoms with Gasteiger partial charge in [-0.1, -0.05) is 12.1 Å². The van der Waals surface area contributed by atoms with Gasteiger partial charge < -0.3 is 14.8 Å². The van der Waals surface area contributed by atoms with E-state index in [1.807, 2.05) is 13.8 Å². The smallest absolute Gasteiger partial charge is 0.119 e. The molecule has 0 radical (unpaired) electrons. The second kappa shape index (κ2) is 9.82. The summed E-state index contributed by atoms with van der Waals surface area (Å²) in [5.41, 5.74) is 1.38. The maximum atomic E-state index is 5.63. The zero-order chi connectivity index (χ0) is 13.9. The van der Waals surface area contributed by atoms with Crippen LogP contribution in [0.1, 0.15) is 32.3 Å². The summed E-state index contributed by atoms with van der Waals surface area (Å²) in [6.07, 6.45) is 3.79. The van der Waals surface area contributed by atoms with Crippen LogP contribution in [0.25, 0.3) is 0 Å². The number of aryl methyl sites for hydroxylation is 1. The van der Waals surface area contributed by atoms with Crippen molar-refractivity contribution >= 4 is 0 Å². The highest BCUT2D eigenvalue weighted by Gasteiger charge is 1.98. The summed E-state index contributed by atoms with van der Waals surface area (Å²) >= 11 is 0. The summed E-state index contributed by atoms with van der Waals surface area (Å²) in [6.45, 7) is 6.89. The maximum Gasteiger partial charge on any atom is 0.119 e. The van der Waals surface area contributed by atoms with E-state index < -0.39 is 0 Å². The third kappa shape index (κ3) is 7.85. The molecule has 0 bridgehead atoms. The summed E-state index contributed by atoms with van der Waals surface area (Å²) in [6, 6.07) is 8.45. The molecule has 0 saturated carbocycles. The summed E-state index contributed by atoms with van der Waals surface area (Å²) < 4.78 is 10.6. The summed E-state index contributed by atoms with van der Waals surface area (Å²) in [7, 11) is 1.73. The largest absolute Gasteiger partial charge is 0.491 e. The van der Waals surface area contributed by atoms with Crippen LogP contribution in [-0.2, 0) is 11.2 Å². The van der Waals surface area contributed by atoms with E-state index in [9.17, 15) is 0 Å². The quantitative estimate of drug-likeness (QED) is 0.660. The molecular formula is C16H27NO2. The van der Waals surface area contributed by atoms with Gasteiger partial charge in [-0.2, -0.15) is 0 Å². The first kappa shape index (κ1) is 16.0. The Bertz CT molecular complexity index is 322. The monoisotopic (exact) mass is 265 g/mol. The van der Waals surface area contributed by atoms with Crippen molar-refractivity contribution in [3.63, 3.8) is 0 Å². The van der Waals surface area contributed by atoms with Gasteiger partial charge in [0.25, 0.3) is 0 Å². The highest BCUT2D eigenvalue weighted by atomic mass is 16.5. The lowest BCUT2D eigenvalue weighted by Gasteiger charge is -2.10. The van der Waals surface area contributed by atoms with Crippen molar-refractivity contribution in [3.05, 3.63) is 29.8 Å². The summed E-state index contributed by atoms with van der Waals surface area (Å²) in [5.74, 6) is 0.958. The molecule has 1 rings (SSSR count). The maximum absolute atomic E-state index is 5.63. The third-order valence-corrected chi connectivity index (χ3v) is 2.85. The molecule has 108 valence electrons. The van der Waals surface area contributed by atoms with Crippen LogP contribution in [0.15, 0.2) is 24.3 Å². The molecule has 1 aromatic rings. The average molecular weight is 265 g/mol. The van der Waals surface area contributed by atoms with Gasteiger partial charge in [0.2, 0.25) is 0 Å². The molecule has 0 aromatic heterocycles. The number of benzene rings is 1. The van der Waals surface area contributed by atoms with Gasteiger partial charge >= 0.3 is 0 Å². The Morgan fingerprint density at radius 1 is 1.05 bits per heavy atom. The first-order valence-electron chi connectivity index (χ1n) is 7.17. The summed E-state index contributed by atoms with van der Waals surface area (Å²) in [4.78, 5) is 0. The van der Waals surface area contributed by atoms with E-state index in [1.54, 1.807) is 7.11 Å². The summed E-state index contributed by atoms with van der Waals surface area (Å²) in [5, 5.41) is 3.36. The first-order chi connectivity index (χ1) is 9.22. The molecule has 0 spiro atoms. The Balaban J connectivity index is 2.12. The Hall–Kier alpha value is -1.06. The molecule has 0 heterocycles. The number of methoxy groups -OCH3 is 1. The molecule has 0 unspecified atom stereocenters. The fraction of sp³-hybridized carbons (Fsp3) is 0.625. The van der Waals surface area contributed by atoms with Gasteiger partial charge in [-0.3, -0.25) is 0 Å². The number of nitrogens with one attached hydrogen (secondary N) is 1. The molecule has 3 heteroatoms. The van der Waals surface area contributed by atoms with Crippen LogP contribution in [0.3, 0.4) is 0 Å². The van der Waals surface area contributed by atoms with Crippen LogP contribution in [0, 0.1) is 0 Å². The Kier molecular flexibility index (Phi) is 8.26. The van der Waals surface area contributed by atoms with E-state index in [4.69, 9.17) is 9.47 Å². The zero-order valence-corrected chi connectivity index (χ0v) is 12.4. The fourth-order valence-electron chi connectivity index (χ4n) is 1.89. The molecule has 3 nitrogen and oxygen atoms in total. The molecule has 19 heavy (non-hydrogen) atoms. The highest BCUT2D eigenvalue weighted by molar-refractivity contribution is 5.27. The highest BCUT2D eigenvalue weighted by Crippen LogP contribution is 2.15. The molecular weight excluding hydrogens is 238 g/mol. The van der Waals surface area contributed by atoms with E-state index in [1.165, 1.54) is 18.4 Å². The van der Waals surface area contributed by atoms with E-state index in [0.29, 0.717) is 0 Å². The van der Waals surface area contributed by atoms with Gasteiger partial charge in [-0.25, -0.2) is 0 Å². The van der Waals surface area contributed by atoms with Gasteiger partial charge in [0.05, 0.1) is 12.7 Å². The third-order valence-electron chi connectivity index (χ3n) is 2.85. The number of ether oxygens (including phenoxy) is 2. The van der Waals surface area contributed by atoms with E-state index in [0.717, 1.165) is 31.9 Å². The van der Waals surface area contributed by atoms with Crippen LogP contribution in [0.5, 0.6) is 5.75 Å². The lowest BCUT2D eigenvalue weighted by atomic mass is 10.1. The predicted octanol–water partition coefficient (Wildman–Crippen LogP) is 3.03. The minimum Gasteiger partial charge on any atom is -0.491 e. The first-order valence-corrected chi connectivity index (χ1v) is 7.17. The normalized spacial score (nSPS) is 10.9. The van der Waals surface area contributed by atoms with Crippen molar-refractivity contribution in [1.82, 2.24) is 5.32 Å². The van der Waals surface area contributed by atoms with Gasteiger partial charge in [-0.05, 0) is 57.4 Å². The minimum absolute atomic E-state index is 0.240. The minimum atomic E-state index is 0.240. The number of unbranched alkanes of at least 4 members (excludes halogenated alkanes) is 1. The van der Waals surface area contributed by atoms with Crippen molar-refractivity contribution in [2.45, 2.75) is 39.2 Å². The van der Waals surface area contributed by atoms with Crippen molar-refractivity contribution in [2.24, 2.45) is 0 Å². The fourth-order valence-corrected chi connectivity index (χ4v) is 1.89. The van der Waals surface area contributed by atoms with Gasteiger partial charge in [0.1, 0.15) is 5.75 Å². The van der Waals surface area contributed by atoms with Crippen molar-refractivity contribution in [2.75, 3.05) is 26.8 Å². The Morgan fingerprint density at radius 3 is 2.42 bits per heavy atom. The molecule has 1 aromatic carbocycles. The second-order valence-electron chi connectivity index (χ2n) is 5.01. The second-order valence-corrected chi connectivity index (χ2v) is 5.01.